The SMILES string of the molecule is CN1CCC(OC(=O)N2CC3(CCCC3)C[C@H]2C(=O)N[C@H](C#N)C[C@@H]2CCNC2O)CC1. The second-order valence-corrected chi connectivity index (χ2v) is 10.3. The molecular weight excluding hydrogens is 410 g/mol. The van der Waals surface area contributed by atoms with Gasteiger partial charge in [0.1, 0.15) is 24.4 Å². The van der Waals surface area contributed by atoms with Gasteiger partial charge in [0.15, 0.2) is 0 Å². The van der Waals surface area contributed by atoms with Gasteiger partial charge in [-0.2, -0.15) is 5.26 Å². The topological polar surface area (TPSA) is 118 Å². The van der Waals surface area contributed by atoms with E-state index in [1.807, 2.05) is 0 Å². The lowest BCUT2D eigenvalue weighted by Gasteiger charge is -2.31. The lowest BCUT2D eigenvalue weighted by atomic mass is 9.84. The number of ether oxygens (including phenoxy) is 1. The van der Waals surface area contributed by atoms with E-state index in [-0.39, 0.29) is 23.3 Å². The van der Waals surface area contributed by atoms with Crippen molar-refractivity contribution in [2.24, 2.45) is 11.3 Å². The molecule has 3 saturated heterocycles. The van der Waals surface area contributed by atoms with Crippen molar-refractivity contribution in [3.8, 4) is 6.07 Å². The van der Waals surface area contributed by atoms with Gasteiger partial charge in [0.05, 0.1) is 6.07 Å². The first-order valence-corrected chi connectivity index (χ1v) is 12.2. The largest absolute Gasteiger partial charge is 0.446 e. The summed E-state index contributed by atoms with van der Waals surface area (Å²) in [7, 11) is 2.06. The van der Waals surface area contributed by atoms with Crippen LogP contribution in [-0.2, 0) is 9.53 Å². The fraction of sp³-hybridized carbons (Fsp3) is 0.870. The molecule has 4 aliphatic rings. The van der Waals surface area contributed by atoms with E-state index in [2.05, 4.69) is 28.7 Å². The van der Waals surface area contributed by atoms with Gasteiger partial charge < -0.3 is 20.1 Å². The van der Waals surface area contributed by atoms with E-state index < -0.39 is 24.4 Å². The number of nitrogens with zero attached hydrogens (tertiary/aromatic N) is 3. The van der Waals surface area contributed by atoms with Crippen molar-refractivity contribution >= 4 is 12.0 Å². The summed E-state index contributed by atoms with van der Waals surface area (Å²) in [5, 5.41) is 25.4. The Balaban J connectivity index is 1.41. The van der Waals surface area contributed by atoms with Crippen LogP contribution in [0.3, 0.4) is 0 Å². The molecular formula is C23H37N5O4. The van der Waals surface area contributed by atoms with Crippen LogP contribution in [0.1, 0.15) is 57.8 Å². The molecule has 3 aliphatic heterocycles. The van der Waals surface area contributed by atoms with Crippen LogP contribution in [-0.4, -0.2) is 84.5 Å². The van der Waals surface area contributed by atoms with Gasteiger partial charge in [-0.15, -0.1) is 0 Å². The minimum absolute atomic E-state index is 0.0124. The van der Waals surface area contributed by atoms with Crippen LogP contribution in [0.4, 0.5) is 4.79 Å². The molecule has 0 aromatic rings. The average molecular weight is 448 g/mol. The van der Waals surface area contributed by atoms with Crippen LogP contribution in [0.15, 0.2) is 0 Å². The molecule has 3 N–H and O–H groups in total. The van der Waals surface area contributed by atoms with Gasteiger partial charge in [0.25, 0.3) is 0 Å². The Morgan fingerprint density at radius 1 is 1.28 bits per heavy atom. The lowest BCUT2D eigenvalue weighted by molar-refractivity contribution is -0.125. The van der Waals surface area contributed by atoms with Crippen molar-refractivity contribution in [1.29, 1.82) is 5.26 Å². The summed E-state index contributed by atoms with van der Waals surface area (Å²) in [4.78, 5) is 30.2. The Hall–Kier alpha value is -1.89. The maximum Gasteiger partial charge on any atom is 0.410 e. The normalized spacial score (nSPS) is 31.5. The van der Waals surface area contributed by atoms with Crippen LogP contribution >= 0.6 is 0 Å². The van der Waals surface area contributed by atoms with E-state index in [9.17, 15) is 20.0 Å². The molecule has 0 aromatic carbocycles. The second kappa shape index (κ2) is 9.94. The Morgan fingerprint density at radius 2 is 2.00 bits per heavy atom. The molecule has 3 heterocycles. The molecule has 0 radical (unpaired) electrons. The van der Waals surface area contributed by atoms with E-state index in [1.165, 1.54) is 0 Å². The zero-order chi connectivity index (χ0) is 22.7. The highest BCUT2D eigenvalue weighted by atomic mass is 16.6. The van der Waals surface area contributed by atoms with Crippen molar-refractivity contribution in [2.45, 2.75) is 82.2 Å². The van der Waals surface area contributed by atoms with E-state index in [1.54, 1.807) is 4.90 Å². The number of likely N-dealkylation sites (tertiary alicyclic amines) is 2. The number of carbonyl (C=O) groups excluding carboxylic acids is 2. The molecule has 4 atom stereocenters. The molecule has 4 fully saturated rings. The van der Waals surface area contributed by atoms with Gasteiger partial charge >= 0.3 is 6.09 Å². The Morgan fingerprint density at radius 3 is 2.62 bits per heavy atom. The quantitative estimate of drug-likeness (QED) is 0.579. The van der Waals surface area contributed by atoms with Gasteiger partial charge in [0, 0.05) is 25.6 Å². The highest BCUT2D eigenvalue weighted by molar-refractivity contribution is 5.87. The van der Waals surface area contributed by atoms with Crippen molar-refractivity contribution in [3.63, 3.8) is 0 Å². The summed E-state index contributed by atoms with van der Waals surface area (Å²) in [5.74, 6) is -0.337. The van der Waals surface area contributed by atoms with Gasteiger partial charge in [-0.05, 0) is 64.0 Å². The zero-order valence-corrected chi connectivity index (χ0v) is 19.1. The van der Waals surface area contributed by atoms with Crippen LogP contribution in [0.2, 0.25) is 0 Å². The Kier molecular flexibility index (Phi) is 7.23. The number of piperidine rings is 1. The summed E-state index contributed by atoms with van der Waals surface area (Å²) in [6.07, 6.45) is 6.58. The minimum Gasteiger partial charge on any atom is -0.446 e. The van der Waals surface area contributed by atoms with Crippen LogP contribution in [0.5, 0.6) is 0 Å². The van der Waals surface area contributed by atoms with E-state index >= 15 is 0 Å². The zero-order valence-electron chi connectivity index (χ0n) is 19.1. The Bertz CT molecular complexity index is 726. The first kappa shape index (κ1) is 23.3. The molecule has 1 unspecified atom stereocenters. The summed E-state index contributed by atoms with van der Waals surface area (Å²) >= 11 is 0. The molecule has 178 valence electrons. The number of amides is 2. The van der Waals surface area contributed by atoms with Crippen molar-refractivity contribution in [1.82, 2.24) is 20.4 Å². The fourth-order valence-corrected chi connectivity index (χ4v) is 5.99. The lowest BCUT2D eigenvalue weighted by Crippen LogP contribution is -2.50. The van der Waals surface area contributed by atoms with Crippen molar-refractivity contribution in [3.05, 3.63) is 0 Å². The third-order valence-corrected chi connectivity index (χ3v) is 7.97. The van der Waals surface area contributed by atoms with E-state index in [0.717, 1.165) is 58.0 Å². The first-order valence-electron chi connectivity index (χ1n) is 12.2. The molecule has 1 aliphatic carbocycles. The molecule has 1 spiro atoms. The molecule has 0 aromatic heterocycles. The third-order valence-electron chi connectivity index (χ3n) is 7.97. The molecule has 9 nitrogen and oxygen atoms in total. The third kappa shape index (κ3) is 5.19. The summed E-state index contributed by atoms with van der Waals surface area (Å²) in [6, 6.07) is 0.880. The van der Waals surface area contributed by atoms with Gasteiger partial charge in [-0.3, -0.25) is 15.0 Å². The van der Waals surface area contributed by atoms with Crippen LogP contribution in [0, 0.1) is 22.7 Å². The molecule has 32 heavy (non-hydrogen) atoms. The monoisotopic (exact) mass is 447 g/mol. The van der Waals surface area contributed by atoms with E-state index in [0.29, 0.717) is 25.9 Å². The molecule has 0 bridgehead atoms. The summed E-state index contributed by atoms with van der Waals surface area (Å²) in [6.45, 7) is 3.06. The maximum atomic E-state index is 13.3. The predicted molar refractivity (Wildman–Crippen MR) is 117 cm³/mol. The number of aliphatic hydroxyl groups is 1. The molecule has 2 amide bonds. The molecule has 9 heteroatoms. The fourth-order valence-electron chi connectivity index (χ4n) is 5.99. The van der Waals surface area contributed by atoms with Crippen molar-refractivity contribution < 1.29 is 19.4 Å². The average Bonchev–Trinajstić information content (AvgIpc) is 3.51. The van der Waals surface area contributed by atoms with Gasteiger partial charge in [-0.1, -0.05) is 12.8 Å². The number of hydrogen-bond acceptors (Lipinski definition) is 7. The van der Waals surface area contributed by atoms with E-state index in [4.69, 9.17) is 4.74 Å². The summed E-state index contributed by atoms with van der Waals surface area (Å²) < 4.78 is 5.83. The van der Waals surface area contributed by atoms with Crippen LogP contribution in [0.25, 0.3) is 0 Å². The standard InChI is InChI=1S/C23H37N5O4/c1-27-10-5-18(6-11-27)32-22(31)28-15-23(7-2-3-8-23)13-19(28)21(30)26-17(14-24)12-16-4-9-25-20(16)29/h16-20,25,29H,2-13,15H2,1H3,(H,26,30)/t16-,17-,19-,20?/m0/s1. The maximum absolute atomic E-state index is 13.3. The highest BCUT2D eigenvalue weighted by Crippen LogP contribution is 2.48. The number of hydrogen-bond donors (Lipinski definition) is 3. The van der Waals surface area contributed by atoms with Crippen molar-refractivity contribution in [2.75, 3.05) is 33.2 Å². The number of aliphatic hydroxyl groups excluding tert-OH is 1. The van der Waals surface area contributed by atoms with Gasteiger partial charge in [-0.25, -0.2) is 4.79 Å². The van der Waals surface area contributed by atoms with Crippen LogP contribution < -0.4 is 10.6 Å². The van der Waals surface area contributed by atoms with Gasteiger partial charge in [0.2, 0.25) is 5.91 Å². The molecule has 4 rings (SSSR count). The molecule has 1 saturated carbocycles. The number of carbonyl (C=O) groups is 2. The number of rotatable bonds is 5. The number of nitrogens with one attached hydrogen (secondary N) is 2. The predicted octanol–water partition coefficient (Wildman–Crippen LogP) is 1.18. The first-order chi connectivity index (χ1) is 15.4. The number of nitriles is 1. The minimum atomic E-state index is -0.686. The Labute approximate surface area is 190 Å². The second-order valence-electron chi connectivity index (χ2n) is 10.3. The summed E-state index contributed by atoms with van der Waals surface area (Å²) in [5.41, 5.74) is -0.0124. The smallest absolute Gasteiger partial charge is 0.410 e. The highest BCUT2D eigenvalue weighted by Gasteiger charge is 2.50.